The number of rotatable bonds is 11. The number of aldehydes is 1. The second-order valence-corrected chi connectivity index (χ2v) is 5.11. The van der Waals surface area contributed by atoms with Gasteiger partial charge in [0.15, 0.2) is 0 Å². The van der Waals surface area contributed by atoms with Crippen LogP contribution in [0.1, 0.15) is 31.2 Å². The van der Waals surface area contributed by atoms with Crippen LogP contribution in [0, 0.1) is 0 Å². The number of carboxylic acid groups (broad SMARTS) is 1. The number of nitrogens with two attached hydrogens (primary N) is 1. The standard InChI is InChI=1S/C16H24N2O3/c17-11-5-4-8-14(12-19)18-15(16(20)21)10-9-13-6-2-1-3-7-13/h1-3,6-7,12,14-15,18H,4-5,8-11,17H2,(H,20,21)/t14-,15-/m0/s1. The van der Waals surface area contributed by atoms with Crippen molar-refractivity contribution in [1.29, 1.82) is 0 Å². The molecule has 5 heteroatoms. The molecule has 21 heavy (non-hydrogen) atoms. The molecule has 1 rings (SSSR count). The molecule has 0 aromatic heterocycles. The zero-order valence-electron chi connectivity index (χ0n) is 12.2. The van der Waals surface area contributed by atoms with Gasteiger partial charge in [-0.25, -0.2) is 0 Å². The minimum absolute atomic E-state index is 0.423. The number of carbonyl (C=O) groups excluding carboxylic acids is 1. The van der Waals surface area contributed by atoms with E-state index >= 15 is 0 Å². The molecule has 0 unspecified atom stereocenters. The van der Waals surface area contributed by atoms with E-state index in [1.807, 2.05) is 30.3 Å². The first-order valence-electron chi connectivity index (χ1n) is 7.35. The van der Waals surface area contributed by atoms with Crippen molar-refractivity contribution in [3.05, 3.63) is 35.9 Å². The molecule has 1 aromatic rings. The minimum Gasteiger partial charge on any atom is -0.480 e. The van der Waals surface area contributed by atoms with Gasteiger partial charge >= 0.3 is 5.97 Å². The van der Waals surface area contributed by atoms with E-state index in [1.54, 1.807) is 0 Å². The SMILES string of the molecule is NCCCC[C@@H](C=O)N[C@@H](CCc1ccccc1)C(=O)O. The molecule has 2 atom stereocenters. The van der Waals surface area contributed by atoms with Gasteiger partial charge in [0.05, 0.1) is 6.04 Å². The number of hydrogen-bond acceptors (Lipinski definition) is 4. The van der Waals surface area contributed by atoms with Gasteiger partial charge in [-0.2, -0.15) is 0 Å². The summed E-state index contributed by atoms with van der Waals surface area (Å²) in [5, 5.41) is 12.2. The van der Waals surface area contributed by atoms with Crippen molar-refractivity contribution >= 4 is 12.3 Å². The molecule has 0 saturated carbocycles. The quantitative estimate of drug-likeness (QED) is 0.423. The second-order valence-electron chi connectivity index (χ2n) is 5.11. The van der Waals surface area contributed by atoms with Crippen LogP contribution in [0.5, 0.6) is 0 Å². The number of unbranched alkanes of at least 4 members (excludes halogenated alkanes) is 1. The van der Waals surface area contributed by atoms with E-state index in [0.717, 1.165) is 24.7 Å². The maximum absolute atomic E-state index is 11.3. The van der Waals surface area contributed by atoms with Crippen LogP contribution in [-0.4, -0.2) is 36.0 Å². The summed E-state index contributed by atoms with van der Waals surface area (Å²) in [4.78, 5) is 22.3. The van der Waals surface area contributed by atoms with E-state index in [0.29, 0.717) is 25.8 Å². The summed E-state index contributed by atoms with van der Waals surface area (Å²) in [7, 11) is 0. The summed E-state index contributed by atoms with van der Waals surface area (Å²) in [6, 6.07) is 8.59. The molecule has 0 saturated heterocycles. The highest BCUT2D eigenvalue weighted by molar-refractivity contribution is 5.74. The van der Waals surface area contributed by atoms with Gasteiger partial charge in [-0.05, 0) is 37.8 Å². The first-order chi connectivity index (χ1) is 10.2. The van der Waals surface area contributed by atoms with Gasteiger partial charge in [0.1, 0.15) is 12.3 Å². The van der Waals surface area contributed by atoms with Gasteiger partial charge in [-0.3, -0.25) is 10.1 Å². The molecule has 0 aliphatic heterocycles. The summed E-state index contributed by atoms with van der Waals surface area (Å²) in [5.74, 6) is -0.920. The highest BCUT2D eigenvalue weighted by Gasteiger charge is 2.20. The van der Waals surface area contributed by atoms with E-state index in [2.05, 4.69) is 5.32 Å². The normalized spacial score (nSPS) is 13.6. The van der Waals surface area contributed by atoms with Gasteiger partial charge in [0.25, 0.3) is 0 Å². The van der Waals surface area contributed by atoms with Crippen LogP contribution in [0.3, 0.4) is 0 Å². The fourth-order valence-corrected chi connectivity index (χ4v) is 2.19. The fourth-order valence-electron chi connectivity index (χ4n) is 2.19. The third kappa shape index (κ3) is 7.02. The van der Waals surface area contributed by atoms with Crippen LogP contribution < -0.4 is 11.1 Å². The molecule has 0 aliphatic carbocycles. The number of benzene rings is 1. The maximum atomic E-state index is 11.3. The van der Waals surface area contributed by atoms with Gasteiger partial charge < -0.3 is 15.6 Å². The number of nitrogens with one attached hydrogen (secondary N) is 1. The highest BCUT2D eigenvalue weighted by Crippen LogP contribution is 2.07. The lowest BCUT2D eigenvalue weighted by Gasteiger charge is -2.19. The molecule has 116 valence electrons. The van der Waals surface area contributed by atoms with Crippen molar-refractivity contribution in [3.8, 4) is 0 Å². The Morgan fingerprint density at radius 3 is 2.52 bits per heavy atom. The van der Waals surface area contributed by atoms with Crippen LogP contribution in [-0.2, 0) is 16.0 Å². The summed E-state index contributed by atoms with van der Waals surface area (Å²) in [6.07, 6.45) is 4.19. The van der Waals surface area contributed by atoms with E-state index in [1.165, 1.54) is 0 Å². The molecule has 0 fully saturated rings. The Labute approximate surface area is 125 Å². The minimum atomic E-state index is -0.920. The summed E-state index contributed by atoms with van der Waals surface area (Å²) in [5.41, 5.74) is 6.51. The molecule has 0 radical (unpaired) electrons. The van der Waals surface area contributed by atoms with Crippen LogP contribution in [0.25, 0.3) is 0 Å². The van der Waals surface area contributed by atoms with Crippen molar-refractivity contribution in [2.45, 2.75) is 44.2 Å². The lowest BCUT2D eigenvalue weighted by Crippen LogP contribution is -2.44. The lowest BCUT2D eigenvalue weighted by atomic mass is 10.0. The van der Waals surface area contributed by atoms with E-state index in [4.69, 9.17) is 5.73 Å². The van der Waals surface area contributed by atoms with Crippen LogP contribution >= 0.6 is 0 Å². The molecule has 5 nitrogen and oxygen atoms in total. The molecular weight excluding hydrogens is 268 g/mol. The summed E-state index contributed by atoms with van der Waals surface area (Å²) < 4.78 is 0. The Hall–Kier alpha value is -1.72. The fraction of sp³-hybridized carbons (Fsp3) is 0.500. The Morgan fingerprint density at radius 2 is 1.95 bits per heavy atom. The van der Waals surface area contributed by atoms with Crippen molar-refractivity contribution < 1.29 is 14.7 Å². The molecule has 4 N–H and O–H groups in total. The van der Waals surface area contributed by atoms with Crippen molar-refractivity contribution in [2.75, 3.05) is 6.54 Å². The van der Waals surface area contributed by atoms with Gasteiger partial charge in [-0.1, -0.05) is 36.8 Å². The average molecular weight is 292 g/mol. The van der Waals surface area contributed by atoms with Crippen LogP contribution in [0.2, 0.25) is 0 Å². The summed E-state index contributed by atoms with van der Waals surface area (Å²) in [6.45, 7) is 0.585. The predicted molar refractivity (Wildman–Crippen MR) is 82.1 cm³/mol. The molecule has 0 amide bonds. The Bertz CT molecular complexity index is 423. The summed E-state index contributed by atoms with van der Waals surface area (Å²) >= 11 is 0. The molecular formula is C16H24N2O3. The molecule has 0 spiro atoms. The topological polar surface area (TPSA) is 92.4 Å². The van der Waals surface area contributed by atoms with Crippen molar-refractivity contribution in [3.63, 3.8) is 0 Å². The molecule has 0 aliphatic rings. The Kier molecular flexibility index (Phi) is 8.31. The highest BCUT2D eigenvalue weighted by atomic mass is 16.4. The number of aryl methyl sites for hydroxylation is 1. The lowest BCUT2D eigenvalue weighted by molar-refractivity contribution is -0.139. The molecule has 0 bridgehead atoms. The Balaban J connectivity index is 2.48. The van der Waals surface area contributed by atoms with E-state index < -0.39 is 18.1 Å². The number of carboxylic acids is 1. The first-order valence-corrected chi connectivity index (χ1v) is 7.35. The molecule has 0 heterocycles. The zero-order chi connectivity index (χ0) is 15.5. The molecule has 1 aromatic carbocycles. The first kappa shape index (κ1) is 17.3. The van der Waals surface area contributed by atoms with Crippen LogP contribution in [0.15, 0.2) is 30.3 Å². The van der Waals surface area contributed by atoms with Crippen LogP contribution in [0.4, 0.5) is 0 Å². The smallest absolute Gasteiger partial charge is 0.320 e. The second kappa shape index (κ2) is 10.1. The monoisotopic (exact) mass is 292 g/mol. The average Bonchev–Trinajstić information content (AvgIpc) is 2.50. The largest absolute Gasteiger partial charge is 0.480 e. The third-order valence-electron chi connectivity index (χ3n) is 3.41. The zero-order valence-corrected chi connectivity index (χ0v) is 12.2. The van der Waals surface area contributed by atoms with Crippen molar-refractivity contribution in [2.24, 2.45) is 5.73 Å². The van der Waals surface area contributed by atoms with Gasteiger partial charge in [0.2, 0.25) is 0 Å². The maximum Gasteiger partial charge on any atom is 0.320 e. The Morgan fingerprint density at radius 1 is 1.24 bits per heavy atom. The van der Waals surface area contributed by atoms with Crippen molar-refractivity contribution in [1.82, 2.24) is 5.32 Å². The number of hydrogen-bond donors (Lipinski definition) is 3. The van der Waals surface area contributed by atoms with E-state index in [-0.39, 0.29) is 0 Å². The number of aliphatic carboxylic acids is 1. The van der Waals surface area contributed by atoms with Gasteiger partial charge in [-0.15, -0.1) is 0 Å². The number of carbonyl (C=O) groups is 2. The van der Waals surface area contributed by atoms with E-state index in [9.17, 15) is 14.7 Å². The third-order valence-corrected chi connectivity index (χ3v) is 3.41. The van der Waals surface area contributed by atoms with Gasteiger partial charge in [0, 0.05) is 0 Å². The predicted octanol–water partition coefficient (Wildman–Crippen LogP) is 1.36.